The van der Waals surface area contributed by atoms with Gasteiger partial charge in [0.25, 0.3) is 0 Å². The van der Waals surface area contributed by atoms with Crippen LogP contribution in [0.5, 0.6) is 0 Å². The van der Waals surface area contributed by atoms with Crippen LogP contribution in [0.3, 0.4) is 0 Å². The third kappa shape index (κ3) is 2.46. The lowest BCUT2D eigenvalue weighted by molar-refractivity contribution is -0.123. The first-order chi connectivity index (χ1) is 4.09. The number of primary amides is 1. The van der Waals surface area contributed by atoms with Gasteiger partial charge in [-0.2, -0.15) is 0 Å². The predicted octanol–water partition coefficient (Wildman–Crippen LogP) is -0.264. The van der Waals surface area contributed by atoms with Crippen molar-refractivity contribution in [2.45, 2.75) is 13.8 Å². The first kappa shape index (κ1) is 8.43. The third-order valence-electron chi connectivity index (χ3n) is 1.59. The average molecular weight is 131 g/mol. The largest absolute Gasteiger partial charge is 0.396 e. The van der Waals surface area contributed by atoms with E-state index in [1.807, 2.05) is 0 Å². The van der Waals surface area contributed by atoms with E-state index in [-0.39, 0.29) is 24.3 Å². The Morgan fingerprint density at radius 3 is 2.22 bits per heavy atom. The molecular weight excluding hydrogens is 118 g/mol. The topological polar surface area (TPSA) is 63.3 Å². The van der Waals surface area contributed by atoms with Crippen LogP contribution in [0.4, 0.5) is 0 Å². The van der Waals surface area contributed by atoms with Gasteiger partial charge in [0.2, 0.25) is 5.91 Å². The summed E-state index contributed by atoms with van der Waals surface area (Å²) in [5.41, 5.74) is 4.96. The maximum Gasteiger partial charge on any atom is 0.220 e. The lowest BCUT2D eigenvalue weighted by atomic mass is 9.97. The number of aliphatic hydroxyl groups excluding tert-OH is 1. The maximum atomic E-state index is 10.4. The normalized spacial score (nSPS) is 16.8. The smallest absolute Gasteiger partial charge is 0.220 e. The van der Waals surface area contributed by atoms with Gasteiger partial charge in [-0.05, 0) is 5.92 Å². The summed E-state index contributed by atoms with van der Waals surface area (Å²) in [6.45, 7) is 3.52. The van der Waals surface area contributed by atoms with E-state index in [0.29, 0.717) is 0 Å². The lowest BCUT2D eigenvalue weighted by Crippen LogP contribution is -2.27. The van der Waals surface area contributed by atoms with Crippen LogP contribution >= 0.6 is 0 Å². The van der Waals surface area contributed by atoms with Crippen molar-refractivity contribution in [1.29, 1.82) is 0 Å². The van der Waals surface area contributed by atoms with Gasteiger partial charge in [-0.3, -0.25) is 4.79 Å². The Hall–Kier alpha value is -0.570. The predicted molar refractivity (Wildman–Crippen MR) is 34.6 cm³/mol. The lowest BCUT2D eigenvalue weighted by Gasteiger charge is -2.12. The van der Waals surface area contributed by atoms with Crippen LogP contribution in [0.25, 0.3) is 0 Å². The number of amides is 1. The van der Waals surface area contributed by atoms with Gasteiger partial charge in [-0.25, -0.2) is 0 Å². The van der Waals surface area contributed by atoms with Crippen molar-refractivity contribution in [2.24, 2.45) is 17.6 Å². The Bertz CT molecular complexity index is 103. The highest BCUT2D eigenvalue weighted by atomic mass is 16.3. The summed E-state index contributed by atoms with van der Waals surface area (Å²) in [7, 11) is 0. The fourth-order valence-electron chi connectivity index (χ4n) is 0.439. The van der Waals surface area contributed by atoms with Crippen LogP contribution in [-0.2, 0) is 4.79 Å². The van der Waals surface area contributed by atoms with Gasteiger partial charge in [-0.15, -0.1) is 0 Å². The van der Waals surface area contributed by atoms with Crippen LogP contribution in [0.15, 0.2) is 0 Å². The standard InChI is InChI=1S/C6H13NO2/c1-4(3-8)5(2)6(7)9/h4-5,8H,3H2,1-2H3,(H2,7,9)/t4-,5-/m0/s1. The summed E-state index contributed by atoms with van der Waals surface area (Å²) < 4.78 is 0. The molecule has 0 aromatic carbocycles. The second-order valence-corrected chi connectivity index (χ2v) is 2.35. The Balaban J connectivity index is 3.72. The van der Waals surface area contributed by atoms with Gasteiger partial charge in [0.05, 0.1) is 0 Å². The molecule has 0 fully saturated rings. The van der Waals surface area contributed by atoms with Crippen molar-refractivity contribution in [1.82, 2.24) is 0 Å². The SMILES string of the molecule is C[C@H](C(N)=O)[C@@H](C)CO. The number of hydrogen-bond donors (Lipinski definition) is 2. The molecule has 0 unspecified atom stereocenters. The number of carbonyl (C=O) groups excluding carboxylic acids is 1. The molecule has 0 rings (SSSR count). The molecule has 3 heteroatoms. The summed E-state index contributed by atoms with van der Waals surface area (Å²) in [5.74, 6) is -0.603. The second-order valence-electron chi connectivity index (χ2n) is 2.35. The van der Waals surface area contributed by atoms with E-state index in [2.05, 4.69) is 0 Å². The fraction of sp³-hybridized carbons (Fsp3) is 0.833. The molecule has 54 valence electrons. The van der Waals surface area contributed by atoms with E-state index in [1.54, 1.807) is 13.8 Å². The average Bonchev–Trinajstić information content (AvgIpc) is 1.84. The van der Waals surface area contributed by atoms with Gasteiger partial charge in [-0.1, -0.05) is 13.8 Å². The quantitative estimate of drug-likeness (QED) is 0.554. The van der Waals surface area contributed by atoms with Gasteiger partial charge in [0.1, 0.15) is 0 Å². The van der Waals surface area contributed by atoms with Crippen LogP contribution in [0, 0.1) is 11.8 Å². The maximum absolute atomic E-state index is 10.4. The minimum absolute atomic E-state index is 0.0180. The van der Waals surface area contributed by atoms with E-state index >= 15 is 0 Å². The number of rotatable bonds is 3. The van der Waals surface area contributed by atoms with E-state index in [9.17, 15) is 4.79 Å². The summed E-state index contributed by atoms with van der Waals surface area (Å²) in [5, 5.41) is 8.55. The fourth-order valence-corrected chi connectivity index (χ4v) is 0.439. The highest BCUT2D eigenvalue weighted by molar-refractivity contribution is 5.76. The molecule has 0 saturated carbocycles. The Kier molecular flexibility index (Phi) is 3.24. The number of hydrogen-bond acceptors (Lipinski definition) is 2. The zero-order chi connectivity index (χ0) is 7.44. The zero-order valence-corrected chi connectivity index (χ0v) is 5.79. The highest BCUT2D eigenvalue weighted by Crippen LogP contribution is 2.07. The van der Waals surface area contributed by atoms with Crippen molar-refractivity contribution < 1.29 is 9.90 Å². The minimum atomic E-state index is -0.350. The molecule has 0 heterocycles. The molecule has 0 aliphatic heterocycles. The summed E-state index contributed by atoms with van der Waals surface area (Å²) in [6, 6.07) is 0. The molecule has 0 aromatic rings. The highest BCUT2D eigenvalue weighted by Gasteiger charge is 2.15. The molecule has 0 bridgehead atoms. The Morgan fingerprint density at radius 1 is 1.67 bits per heavy atom. The molecule has 1 amide bonds. The van der Waals surface area contributed by atoms with Crippen molar-refractivity contribution >= 4 is 5.91 Å². The van der Waals surface area contributed by atoms with Crippen molar-refractivity contribution in [3.8, 4) is 0 Å². The Labute approximate surface area is 54.9 Å². The van der Waals surface area contributed by atoms with E-state index < -0.39 is 0 Å². The number of nitrogens with two attached hydrogens (primary N) is 1. The molecule has 0 radical (unpaired) electrons. The minimum Gasteiger partial charge on any atom is -0.396 e. The van der Waals surface area contributed by atoms with Gasteiger partial charge in [0.15, 0.2) is 0 Å². The first-order valence-electron chi connectivity index (χ1n) is 2.99. The van der Waals surface area contributed by atoms with Crippen molar-refractivity contribution in [3.63, 3.8) is 0 Å². The zero-order valence-electron chi connectivity index (χ0n) is 5.79. The summed E-state index contributed by atoms with van der Waals surface area (Å²) in [6.07, 6.45) is 0. The van der Waals surface area contributed by atoms with E-state index in [0.717, 1.165) is 0 Å². The monoisotopic (exact) mass is 131 g/mol. The second kappa shape index (κ2) is 3.45. The molecule has 0 aromatic heterocycles. The van der Waals surface area contributed by atoms with Crippen LogP contribution < -0.4 is 5.73 Å². The van der Waals surface area contributed by atoms with Crippen LogP contribution in [-0.4, -0.2) is 17.6 Å². The van der Waals surface area contributed by atoms with Crippen molar-refractivity contribution in [3.05, 3.63) is 0 Å². The molecule has 0 spiro atoms. The third-order valence-corrected chi connectivity index (χ3v) is 1.59. The Morgan fingerprint density at radius 2 is 2.11 bits per heavy atom. The van der Waals surface area contributed by atoms with E-state index in [1.165, 1.54) is 0 Å². The van der Waals surface area contributed by atoms with Crippen LogP contribution in [0.2, 0.25) is 0 Å². The molecule has 3 nitrogen and oxygen atoms in total. The summed E-state index contributed by atoms with van der Waals surface area (Å²) in [4.78, 5) is 10.4. The molecule has 0 aliphatic carbocycles. The molecule has 0 aliphatic rings. The van der Waals surface area contributed by atoms with Crippen molar-refractivity contribution in [2.75, 3.05) is 6.61 Å². The molecular formula is C6H13NO2. The molecule has 9 heavy (non-hydrogen) atoms. The number of aliphatic hydroxyl groups is 1. The van der Waals surface area contributed by atoms with Gasteiger partial charge < -0.3 is 10.8 Å². The van der Waals surface area contributed by atoms with Gasteiger partial charge in [0, 0.05) is 12.5 Å². The van der Waals surface area contributed by atoms with Gasteiger partial charge >= 0.3 is 0 Å². The summed E-state index contributed by atoms with van der Waals surface area (Å²) >= 11 is 0. The van der Waals surface area contributed by atoms with E-state index in [4.69, 9.17) is 10.8 Å². The molecule has 3 N–H and O–H groups in total. The molecule has 0 saturated heterocycles. The van der Waals surface area contributed by atoms with Crippen LogP contribution in [0.1, 0.15) is 13.8 Å². The first-order valence-corrected chi connectivity index (χ1v) is 2.99. The number of carbonyl (C=O) groups is 1. The molecule has 2 atom stereocenters.